The van der Waals surface area contributed by atoms with Gasteiger partial charge >= 0.3 is 0 Å². The smallest absolute Gasteiger partial charge is 0.240 e. The fourth-order valence-electron chi connectivity index (χ4n) is 2.99. The van der Waals surface area contributed by atoms with Gasteiger partial charge in [0.1, 0.15) is 19.8 Å². The Morgan fingerprint density at radius 2 is 1.81 bits per heavy atom. The summed E-state index contributed by atoms with van der Waals surface area (Å²) >= 11 is 13.9. The number of anilines is 1. The maximum absolute atomic E-state index is 12.6. The minimum atomic E-state index is -3.67. The van der Waals surface area contributed by atoms with E-state index in [2.05, 4.69) is 5.32 Å². The molecule has 1 N–H and O–H groups in total. The van der Waals surface area contributed by atoms with Gasteiger partial charge in [0.15, 0.2) is 11.5 Å². The zero-order valence-corrected chi connectivity index (χ0v) is 20.6. The number of ether oxygens (including phenoxy) is 2. The standard InChI is InChI=1S/C21H24Cl2N2O5S2/c1-2-32(27,28)25(15-6-7-19-20(12-15)30-10-9-29-19)13-21(26)24-8-11-31-14-16-17(22)4-3-5-18(16)23/h3-7,12H,2,8-11,13-14H2,1H3,(H,24,26). The van der Waals surface area contributed by atoms with E-state index in [1.54, 1.807) is 48.2 Å². The molecule has 0 fully saturated rings. The third-order valence-corrected chi connectivity index (χ3v) is 8.11. The number of halogens is 2. The molecule has 0 saturated carbocycles. The van der Waals surface area contributed by atoms with E-state index in [0.717, 1.165) is 9.87 Å². The van der Waals surface area contributed by atoms with E-state index in [4.69, 9.17) is 32.7 Å². The number of carbonyl (C=O) groups excluding carboxylic acids is 1. The SMILES string of the molecule is CCS(=O)(=O)N(CC(=O)NCCSCc1c(Cl)cccc1Cl)c1ccc2c(c1)OCCO2. The molecule has 11 heteroatoms. The number of hydrogen-bond donors (Lipinski definition) is 1. The lowest BCUT2D eigenvalue weighted by Crippen LogP contribution is -2.42. The van der Waals surface area contributed by atoms with Crippen molar-refractivity contribution in [1.82, 2.24) is 5.32 Å². The first kappa shape index (κ1) is 24.8. The van der Waals surface area contributed by atoms with E-state index < -0.39 is 15.9 Å². The minimum absolute atomic E-state index is 0.136. The fraction of sp³-hybridized carbons (Fsp3) is 0.381. The van der Waals surface area contributed by atoms with Crippen molar-refractivity contribution in [3.8, 4) is 11.5 Å². The maximum atomic E-state index is 12.6. The lowest BCUT2D eigenvalue weighted by molar-refractivity contribution is -0.119. The van der Waals surface area contributed by atoms with Gasteiger partial charge in [-0.15, -0.1) is 0 Å². The monoisotopic (exact) mass is 518 g/mol. The quantitative estimate of drug-likeness (QED) is 0.479. The number of amides is 1. The van der Waals surface area contributed by atoms with Crippen molar-refractivity contribution in [2.24, 2.45) is 0 Å². The molecule has 3 rings (SSSR count). The number of fused-ring (bicyclic) bond motifs is 1. The lowest BCUT2D eigenvalue weighted by Gasteiger charge is -2.25. The molecule has 0 bridgehead atoms. The van der Waals surface area contributed by atoms with Gasteiger partial charge in [-0.05, 0) is 36.8 Å². The second-order valence-electron chi connectivity index (χ2n) is 6.84. The van der Waals surface area contributed by atoms with Crippen LogP contribution >= 0.6 is 35.0 Å². The topological polar surface area (TPSA) is 84.9 Å². The molecule has 1 aliphatic heterocycles. The summed E-state index contributed by atoms with van der Waals surface area (Å²) in [5.74, 6) is 1.71. The van der Waals surface area contributed by atoms with Crippen LogP contribution in [0, 0.1) is 0 Å². The molecule has 7 nitrogen and oxygen atoms in total. The number of hydrogen-bond acceptors (Lipinski definition) is 6. The average molecular weight is 519 g/mol. The summed E-state index contributed by atoms with van der Waals surface area (Å²) in [6, 6.07) is 10.2. The highest BCUT2D eigenvalue weighted by molar-refractivity contribution is 7.98. The van der Waals surface area contributed by atoms with Gasteiger partial charge in [-0.2, -0.15) is 11.8 Å². The number of carbonyl (C=O) groups is 1. The molecule has 0 atom stereocenters. The van der Waals surface area contributed by atoms with Crippen LogP contribution in [0.3, 0.4) is 0 Å². The summed E-state index contributed by atoms with van der Waals surface area (Å²) in [6.45, 7) is 2.42. The molecule has 0 aromatic heterocycles. The molecule has 1 heterocycles. The van der Waals surface area contributed by atoms with Gasteiger partial charge in [0, 0.05) is 34.2 Å². The van der Waals surface area contributed by atoms with Gasteiger partial charge in [0.2, 0.25) is 15.9 Å². The highest BCUT2D eigenvalue weighted by Crippen LogP contribution is 2.34. The summed E-state index contributed by atoms with van der Waals surface area (Å²) in [5.41, 5.74) is 1.21. The van der Waals surface area contributed by atoms with Gasteiger partial charge in [0.05, 0.1) is 11.4 Å². The summed E-state index contributed by atoms with van der Waals surface area (Å²) in [6.07, 6.45) is 0. The predicted molar refractivity (Wildman–Crippen MR) is 130 cm³/mol. The van der Waals surface area contributed by atoms with Crippen molar-refractivity contribution in [2.45, 2.75) is 12.7 Å². The Kier molecular flexibility index (Phi) is 8.81. The molecule has 0 aliphatic carbocycles. The van der Waals surface area contributed by atoms with Crippen LogP contribution in [0.25, 0.3) is 0 Å². The van der Waals surface area contributed by atoms with E-state index in [1.807, 2.05) is 0 Å². The van der Waals surface area contributed by atoms with E-state index in [1.165, 1.54) is 6.92 Å². The Balaban J connectivity index is 1.56. The molecule has 2 aromatic carbocycles. The molecule has 0 radical (unpaired) electrons. The number of nitrogens with one attached hydrogen (secondary N) is 1. The van der Waals surface area contributed by atoms with Crippen molar-refractivity contribution < 1.29 is 22.7 Å². The van der Waals surface area contributed by atoms with Crippen LogP contribution in [0.1, 0.15) is 12.5 Å². The maximum Gasteiger partial charge on any atom is 0.240 e. The van der Waals surface area contributed by atoms with E-state index in [9.17, 15) is 13.2 Å². The predicted octanol–water partition coefficient (Wildman–Crippen LogP) is 3.97. The van der Waals surface area contributed by atoms with Gasteiger partial charge < -0.3 is 14.8 Å². The van der Waals surface area contributed by atoms with Crippen molar-refractivity contribution in [3.05, 3.63) is 52.0 Å². The largest absolute Gasteiger partial charge is 0.486 e. The van der Waals surface area contributed by atoms with Crippen molar-refractivity contribution in [3.63, 3.8) is 0 Å². The number of nitrogens with zero attached hydrogens (tertiary/aromatic N) is 1. The average Bonchev–Trinajstić information content (AvgIpc) is 2.78. The van der Waals surface area contributed by atoms with Crippen LogP contribution in [0.15, 0.2) is 36.4 Å². The third kappa shape index (κ3) is 6.37. The molecular formula is C21H24Cl2N2O5S2. The Bertz CT molecular complexity index is 1050. The van der Waals surface area contributed by atoms with Crippen LogP contribution in [0.4, 0.5) is 5.69 Å². The molecular weight excluding hydrogens is 495 g/mol. The normalized spacial score (nSPS) is 13.0. The summed E-state index contributed by atoms with van der Waals surface area (Å²) in [5, 5.41) is 3.98. The van der Waals surface area contributed by atoms with Gasteiger partial charge in [-0.1, -0.05) is 29.3 Å². The lowest BCUT2D eigenvalue weighted by atomic mass is 10.2. The van der Waals surface area contributed by atoms with Crippen LogP contribution in [-0.2, 0) is 20.6 Å². The molecule has 1 amide bonds. The zero-order valence-electron chi connectivity index (χ0n) is 17.5. The Hall–Kier alpha value is -1.81. The Labute approximate surface area is 202 Å². The van der Waals surface area contributed by atoms with Gasteiger partial charge in [-0.3, -0.25) is 9.10 Å². The van der Waals surface area contributed by atoms with Gasteiger partial charge in [0.25, 0.3) is 0 Å². The van der Waals surface area contributed by atoms with Crippen LogP contribution < -0.4 is 19.1 Å². The molecule has 1 aliphatic rings. The highest BCUT2D eigenvalue weighted by Gasteiger charge is 2.25. The first-order valence-corrected chi connectivity index (χ1v) is 13.5. The summed E-state index contributed by atoms with van der Waals surface area (Å²) in [7, 11) is -3.67. The molecule has 2 aromatic rings. The number of thioether (sulfide) groups is 1. The van der Waals surface area contributed by atoms with Crippen LogP contribution in [-0.4, -0.2) is 52.1 Å². The highest BCUT2D eigenvalue weighted by atomic mass is 35.5. The van der Waals surface area contributed by atoms with Crippen molar-refractivity contribution in [1.29, 1.82) is 0 Å². The summed E-state index contributed by atoms with van der Waals surface area (Å²) in [4.78, 5) is 12.5. The second kappa shape index (κ2) is 11.4. The first-order chi connectivity index (χ1) is 15.3. The molecule has 174 valence electrons. The number of benzene rings is 2. The first-order valence-electron chi connectivity index (χ1n) is 9.99. The van der Waals surface area contributed by atoms with E-state index >= 15 is 0 Å². The van der Waals surface area contributed by atoms with Crippen molar-refractivity contribution in [2.75, 3.05) is 42.1 Å². The third-order valence-electron chi connectivity index (χ3n) is 4.68. The van der Waals surface area contributed by atoms with Crippen molar-refractivity contribution >= 4 is 56.6 Å². The number of rotatable bonds is 10. The molecule has 32 heavy (non-hydrogen) atoms. The Morgan fingerprint density at radius 1 is 1.12 bits per heavy atom. The van der Waals surface area contributed by atoms with Crippen LogP contribution in [0.5, 0.6) is 11.5 Å². The minimum Gasteiger partial charge on any atom is -0.486 e. The molecule has 0 spiro atoms. The van der Waals surface area contributed by atoms with E-state index in [-0.39, 0.29) is 12.3 Å². The second-order valence-corrected chi connectivity index (χ2v) is 10.9. The molecule has 0 saturated heterocycles. The van der Waals surface area contributed by atoms with Gasteiger partial charge in [-0.25, -0.2) is 8.42 Å². The van der Waals surface area contributed by atoms with E-state index in [0.29, 0.717) is 58.5 Å². The number of sulfonamides is 1. The molecule has 0 unspecified atom stereocenters. The van der Waals surface area contributed by atoms with Crippen LogP contribution in [0.2, 0.25) is 10.0 Å². The Morgan fingerprint density at radius 3 is 2.50 bits per heavy atom. The zero-order chi connectivity index (χ0) is 23.1. The fourth-order valence-corrected chi connectivity index (χ4v) is 5.64. The summed E-state index contributed by atoms with van der Waals surface area (Å²) < 4.78 is 37.4.